The van der Waals surface area contributed by atoms with Crippen LogP contribution >= 0.6 is 23.4 Å². The number of nitrogens with zero attached hydrogens (tertiary/aromatic N) is 2. The van der Waals surface area contributed by atoms with Crippen LogP contribution < -0.4 is 5.32 Å². The Hall–Kier alpha value is -0.400. The zero-order valence-electron chi connectivity index (χ0n) is 10.1. The fourth-order valence-corrected chi connectivity index (χ4v) is 2.16. The summed E-state index contributed by atoms with van der Waals surface area (Å²) in [5.41, 5.74) is -2.62. The second-order valence-corrected chi connectivity index (χ2v) is 5.17. The number of halogens is 4. The Morgan fingerprint density at radius 2 is 2.11 bits per heavy atom. The molecule has 1 aromatic heterocycles. The molecular weight excluding hydrogens is 287 g/mol. The topological polar surface area (TPSA) is 29.9 Å². The molecule has 1 N–H and O–H groups in total. The predicted molar refractivity (Wildman–Crippen MR) is 67.9 cm³/mol. The highest BCUT2D eigenvalue weighted by Gasteiger charge is 2.27. The number of alkyl halides is 3. The fraction of sp³-hybridized carbons (Fsp3) is 0.700. The van der Waals surface area contributed by atoms with Gasteiger partial charge in [0.05, 0.1) is 16.4 Å². The summed E-state index contributed by atoms with van der Waals surface area (Å²) in [5, 5.41) is 7.74. The summed E-state index contributed by atoms with van der Waals surface area (Å²) in [7, 11) is 0. The molecule has 0 aliphatic rings. The van der Waals surface area contributed by atoms with Gasteiger partial charge in [0.15, 0.2) is 0 Å². The molecule has 0 bridgehead atoms. The van der Waals surface area contributed by atoms with Crippen LogP contribution in [0.5, 0.6) is 0 Å². The number of thioether (sulfide) groups is 1. The Kier molecular flexibility index (Phi) is 5.81. The van der Waals surface area contributed by atoms with Gasteiger partial charge >= 0.3 is 5.51 Å². The van der Waals surface area contributed by atoms with Gasteiger partial charge in [0.2, 0.25) is 0 Å². The van der Waals surface area contributed by atoms with Crippen LogP contribution in [0, 0.1) is 6.92 Å². The van der Waals surface area contributed by atoms with Crippen molar-refractivity contribution in [3.63, 3.8) is 0 Å². The molecule has 0 saturated heterocycles. The van der Waals surface area contributed by atoms with Crippen molar-refractivity contribution in [3.05, 3.63) is 16.4 Å². The van der Waals surface area contributed by atoms with E-state index < -0.39 is 5.51 Å². The molecule has 0 saturated carbocycles. The van der Waals surface area contributed by atoms with Gasteiger partial charge in [-0.3, -0.25) is 4.68 Å². The van der Waals surface area contributed by atoms with Gasteiger partial charge in [-0.1, -0.05) is 11.6 Å². The van der Waals surface area contributed by atoms with E-state index in [0.717, 1.165) is 11.4 Å². The zero-order chi connectivity index (χ0) is 13.8. The van der Waals surface area contributed by atoms with E-state index in [4.69, 9.17) is 11.6 Å². The van der Waals surface area contributed by atoms with Gasteiger partial charge < -0.3 is 5.32 Å². The number of aryl methyl sites for hydroxylation is 2. The van der Waals surface area contributed by atoms with Crippen LogP contribution in [0.4, 0.5) is 13.2 Å². The van der Waals surface area contributed by atoms with Crippen LogP contribution in [0.1, 0.15) is 18.3 Å². The summed E-state index contributed by atoms with van der Waals surface area (Å²) < 4.78 is 37.4. The summed E-state index contributed by atoms with van der Waals surface area (Å²) in [5.74, 6) is -0.0135. The molecule has 0 fully saturated rings. The first kappa shape index (κ1) is 15.7. The van der Waals surface area contributed by atoms with Crippen molar-refractivity contribution in [3.8, 4) is 0 Å². The Balaban J connectivity index is 2.40. The SMILES string of the molecule is CCn1nc(C)c(Cl)c1CNCCSC(F)(F)F. The standard InChI is InChI=1S/C10H15ClF3N3S/c1-3-17-8(9(11)7(2)16-17)6-15-4-5-18-10(12,13)14/h15H,3-6H2,1-2H3. The van der Waals surface area contributed by atoms with Crippen molar-refractivity contribution in [1.82, 2.24) is 15.1 Å². The summed E-state index contributed by atoms with van der Waals surface area (Å²) in [6.45, 7) is 5.12. The Bertz CT molecular complexity index is 392. The van der Waals surface area contributed by atoms with E-state index in [1.165, 1.54) is 0 Å². The number of nitrogens with one attached hydrogen (secondary N) is 1. The molecule has 0 spiro atoms. The van der Waals surface area contributed by atoms with Crippen molar-refractivity contribution >= 4 is 23.4 Å². The first-order chi connectivity index (χ1) is 8.35. The van der Waals surface area contributed by atoms with E-state index in [-0.39, 0.29) is 24.1 Å². The first-order valence-corrected chi connectivity index (χ1v) is 6.84. The molecule has 104 valence electrons. The van der Waals surface area contributed by atoms with Crippen LogP contribution in [-0.2, 0) is 13.1 Å². The lowest BCUT2D eigenvalue weighted by molar-refractivity contribution is -0.0327. The average Bonchev–Trinajstić information content (AvgIpc) is 2.54. The summed E-state index contributed by atoms with van der Waals surface area (Å²) in [6, 6.07) is 0. The van der Waals surface area contributed by atoms with Crippen LogP contribution in [0.3, 0.4) is 0 Å². The van der Waals surface area contributed by atoms with Gasteiger partial charge in [0.1, 0.15) is 0 Å². The molecule has 0 amide bonds. The van der Waals surface area contributed by atoms with Crippen LogP contribution in [-0.4, -0.2) is 27.6 Å². The minimum absolute atomic E-state index is 0.0135. The lowest BCUT2D eigenvalue weighted by Gasteiger charge is -2.08. The van der Waals surface area contributed by atoms with Gasteiger partial charge in [-0.25, -0.2) is 0 Å². The highest BCUT2D eigenvalue weighted by atomic mass is 35.5. The molecule has 0 aliphatic heterocycles. The Morgan fingerprint density at radius 3 is 2.67 bits per heavy atom. The highest BCUT2D eigenvalue weighted by Crippen LogP contribution is 2.29. The van der Waals surface area contributed by atoms with E-state index in [0.29, 0.717) is 18.1 Å². The molecule has 3 nitrogen and oxygen atoms in total. The largest absolute Gasteiger partial charge is 0.441 e. The zero-order valence-corrected chi connectivity index (χ0v) is 11.7. The quantitative estimate of drug-likeness (QED) is 0.818. The lowest BCUT2D eigenvalue weighted by Crippen LogP contribution is -2.20. The third kappa shape index (κ3) is 4.70. The highest BCUT2D eigenvalue weighted by molar-refractivity contribution is 8.00. The molecule has 0 unspecified atom stereocenters. The molecule has 0 aliphatic carbocycles. The van der Waals surface area contributed by atoms with Crippen molar-refractivity contribution in [2.45, 2.75) is 32.4 Å². The number of hydrogen-bond acceptors (Lipinski definition) is 3. The maximum absolute atomic E-state index is 11.9. The van der Waals surface area contributed by atoms with E-state index in [9.17, 15) is 13.2 Å². The fourth-order valence-electron chi connectivity index (χ4n) is 1.48. The second kappa shape index (κ2) is 6.68. The summed E-state index contributed by atoms with van der Waals surface area (Å²) >= 11 is 6.04. The van der Waals surface area contributed by atoms with Crippen molar-refractivity contribution in [1.29, 1.82) is 0 Å². The minimum Gasteiger partial charge on any atom is -0.310 e. The molecule has 18 heavy (non-hydrogen) atoms. The van der Waals surface area contributed by atoms with E-state index >= 15 is 0 Å². The Labute approximate surface area is 113 Å². The third-order valence-electron chi connectivity index (χ3n) is 2.29. The van der Waals surface area contributed by atoms with Gasteiger partial charge in [0, 0.05) is 25.4 Å². The van der Waals surface area contributed by atoms with Gasteiger partial charge in [0.25, 0.3) is 0 Å². The van der Waals surface area contributed by atoms with E-state index in [1.54, 1.807) is 11.6 Å². The molecule has 1 aromatic rings. The van der Waals surface area contributed by atoms with Crippen molar-refractivity contribution in [2.24, 2.45) is 0 Å². The molecule has 1 rings (SSSR count). The Morgan fingerprint density at radius 1 is 1.44 bits per heavy atom. The average molecular weight is 302 g/mol. The monoisotopic (exact) mass is 301 g/mol. The molecular formula is C10H15ClF3N3S. The van der Waals surface area contributed by atoms with Crippen molar-refractivity contribution in [2.75, 3.05) is 12.3 Å². The van der Waals surface area contributed by atoms with E-state index in [1.807, 2.05) is 6.92 Å². The normalized spacial score (nSPS) is 12.1. The maximum Gasteiger partial charge on any atom is 0.441 e. The molecule has 0 atom stereocenters. The number of hydrogen-bond donors (Lipinski definition) is 1. The molecule has 1 heterocycles. The third-order valence-corrected chi connectivity index (χ3v) is 3.52. The predicted octanol–water partition coefficient (Wildman–Crippen LogP) is 3.21. The van der Waals surface area contributed by atoms with Gasteiger partial charge in [-0.05, 0) is 25.6 Å². The van der Waals surface area contributed by atoms with Crippen LogP contribution in [0.15, 0.2) is 0 Å². The van der Waals surface area contributed by atoms with E-state index in [2.05, 4.69) is 10.4 Å². The van der Waals surface area contributed by atoms with Gasteiger partial charge in [-0.15, -0.1) is 0 Å². The van der Waals surface area contributed by atoms with Gasteiger partial charge in [-0.2, -0.15) is 18.3 Å². The summed E-state index contributed by atoms with van der Waals surface area (Å²) in [4.78, 5) is 0. The molecule has 8 heteroatoms. The van der Waals surface area contributed by atoms with Crippen molar-refractivity contribution < 1.29 is 13.2 Å². The number of rotatable bonds is 6. The van der Waals surface area contributed by atoms with Crippen LogP contribution in [0.2, 0.25) is 5.02 Å². The maximum atomic E-state index is 11.9. The minimum atomic E-state index is -4.17. The van der Waals surface area contributed by atoms with Crippen LogP contribution in [0.25, 0.3) is 0 Å². The molecule has 0 radical (unpaired) electrons. The molecule has 0 aromatic carbocycles. The first-order valence-electron chi connectivity index (χ1n) is 5.48. The smallest absolute Gasteiger partial charge is 0.310 e. The lowest BCUT2D eigenvalue weighted by atomic mass is 10.3. The second-order valence-electron chi connectivity index (χ2n) is 3.63. The number of aromatic nitrogens is 2. The summed E-state index contributed by atoms with van der Waals surface area (Å²) in [6.07, 6.45) is 0.